The lowest BCUT2D eigenvalue weighted by Crippen LogP contribution is -2.22. The van der Waals surface area contributed by atoms with Crippen molar-refractivity contribution in [2.75, 3.05) is 0 Å². The quantitative estimate of drug-likeness (QED) is 0.667. The van der Waals surface area contributed by atoms with E-state index >= 15 is 0 Å². The van der Waals surface area contributed by atoms with Crippen molar-refractivity contribution in [1.29, 1.82) is 0 Å². The van der Waals surface area contributed by atoms with Crippen LogP contribution in [0.5, 0.6) is 0 Å². The van der Waals surface area contributed by atoms with Crippen molar-refractivity contribution < 1.29 is 9.90 Å². The van der Waals surface area contributed by atoms with Crippen molar-refractivity contribution in [1.82, 2.24) is 0 Å². The van der Waals surface area contributed by atoms with Gasteiger partial charge in [-0.15, -0.1) is 0 Å². The molecule has 2 heteroatoms. The Hall–Kier alpha value is -0.790. The maximum Gasteiger partial charge on any atom is 0.310 e. The molecule has 1 unspecified atom stereocenters. The molecule has 0 bridgehead atoms. The SMILES string of the molecule is CC(C(=O)O)C1=CCCC(C)(C)C1. The van der Waals surface area contributed by atoms with Crippen molar-refractivity contribution in [2.24, 2.45) is 11.3 Å². The van der Waals surface area contributed by atoms with Gasteiger partial charge in [-0.3, -0.25) is 4.79 Å². The molecule has 0 aliphatic heterocycles. The van der Waals surface area contributed by atoms with Gasteiger partial charge < -0.3 is 5.11 Å². The minimum absolute atomic E-state index is 0.286. The van der Waals surface area contributed by atoms with Crippen molar-refractivity contribution in [3.63, 3.8) is 0 Å². The molecule has 0 aromatic rings. The normalized spacial score (nSPS) is 23.5. The van der Waals surface area contributed by atoms with Crippen molar-refractivity contribution >= 4 is 5.97 Å². The van der Waals surface area contributed by atoms with E-state index in [1.807, 2.05) is 0 Å². The van der Waals surface area contributed by atoms with Crippen molar-refractivity contribution in [3.8, 4) is 0 Å². The van der Waals surface area contributed by atoms with E-state index in [1.54, 1.807) is 6.92 Å². The fourth-order valence-electron chi connectivity index (χ4n) is 1.85. The molecule has 1 atom stereocenters. The Morgan fingerprint density at radius 3 is 2.69 bits per heavy atom. The molecular formula is C11H18O2. The molecule has 0 saturated heterocycles. The Balaban J connectivity index is 2.71. The predicted octanol–water partition coefficient (Wildman–Crippen LogP) is 2.84. The average molecular weight is 182 g/mol. The highest BCUT2D eigenvalue weighted by Gasteiger charge is 2.27. The largest absolute Gasteiger partial charge is 0.481 e. The highest BCUT2D eigenvalue weighted by molar-refractivity contribution is 5.73. The van der Waals surface area contributed by atoms with Gasteiger partial charge in [-0.2, -0.15) is 0 Å². The molecule has 0 aromatic heterocycles. The van der Waals surface area contributed by atoms with Crippen molar-refractivity contribution in [2.45, 2.75) is 40.0 Å². The van der Waals surface area contributed by atoms with Gasteiger partial charge in [-0.25, -0.2) is 0 Å². The number of aliphatic carboxylic acids is 1. The summed E-state index contributed by atoms with van der Waals surface area (Å²) in [5.74, 6) is -1.01. The smallest absolute Gasteiger partial charge is 0.310 e. The average Bonchev–Trinajstić information content (AvgIpc) is 2.01. The van der Waals surface area contributed by atoms with Crippen LogP contribution in [0.2, 0.25) is 0 Å². The van der Waals surface area contributed by atoms with Crippen LogP contribution >= 0.6 is 0 Å². The fourth-order valence-corrected chi connectivity index (χ4v) is 1.85. The van der Waals surface area contributed by atoms with Crippen LogP contribution in [-0.2, 0) is 4.79 Å². The molecule has 0 aromatic carbocycles. The third-order valence-corrected chi connectivity index (χ3v) is 2.84. The van der Waals surface area contributed by atoms with Gasteiger partial charge in [0.1, 0.15) is 0 Å². The highest BCUT2D eigenvalue weighted by atomic mass is 16.4. The van der Waals surface area contributed by atoms with Gasteiger partial charge in [-0.05, 0) is 31.6 Å². The van der Waals surface area contributed by atoms with Gasteiger partial charge in [0.2, 0.25) is 0 Å². The molecule has 1 aliphatic carbocycles. The molecule has 0 spiro atoms. The molecule has 0 amide bonds. The summed E-state index contributed by atoms with van der Waals surface area (Å²) in [6.07, 6.45) is 5.23. The van der Waals surface area contributed by atoms with E-state index in [-0.39, 0.29) is 11.3 Å². The topological polar surface area (TPSA) is 37.3 Å². The number of hydrogen-bond acceptors (Lipinski definition) is 1. The Kier molecular flexibility index (Phi) is 2.79. The molecule has 0 heterocycles. The van der Waals surface area contributed by atoms with E-state index in [2.05, 4.69) is 19.9 Å². The van der Waals surface area contributed by atoms with Crippen LogP contribution in [0.15, 0.2) is 11.6 Å². The first-order valence-corrected chi connectivity index (χ1v) is 4.84. The summed E-state index contributed by atoms with van der Waals surface area (Å²) in [6.45, 7) is 6.18. The molecular weight excluding hydrogens is 164 g/mol. The van der Waals surface area contributed by atoms with E-state index in [1.165, 1.54) is 6.42 Å². The minimum atomic E-state index is -0.705. The van der Waals surface area contributed by atoms with Gasteiger partial charge in [0.05, 0.1) is 5.92 Å². The zero-order chi connectivity index (χ0) is 10.1. The third-order valence-electron chi connectivity index (χ3n) is 2.84. The number of carboxylic acids is 1. The molecule has 1 rings (SSSR count). The Bertz CT molecular complexity index is 238. The van der Waals surface area contributed by atoms with Crippen LogP contribution in [0, 0.1) is 11.3 Å². The molecule has 13 heavy (non-hydrogen) atoms. The lowest BCUT2D eigenvalue weighted by Gasteiger charge is -2.31. The number of hydrogen-bond donors (Lipinski definition) is 1. The fraction of sp³-hybridized carbons (Fsp3) is 0.727. The van der Waals surface area contributed by atoms with Gasteiger partial charge in [0, 0.05) is 0 Å². The van der Waals surface area contributed by atoms with E-state index in [9.17, 15) is 4.79 Å². The Labute approximate surface area is 79.6 Å². The molecule has 1 N–H and O–H groups in total. The molecule has 1 aliphatic rings. The van der Waals surface area contributed by atoms with Crippen LogP contribution in [0.3, 0.4) is 0 Å². The second-order valence-corrected chi connectivity index (χ2v) is 4.72. The zero-order valence-electron chi connectivity index (χ0n) is 8.63. The minimum Gasteiger partial charge on any atom is -0.481 e. The lowest BCUT2D eigenvalue weighted by atomic mass is 9.74. The van der Waals surface area contributed by atoms with E-state index in [4.69, 9.17) is 5.11 Å². The van der Waals surface area contributed by atoms with Crippen LogP contribution in [-0.4, -0.2) is 11.1 Å². The van der Waals surface area contributed by atoms with Gasteiger partial charge in [0.15, 0.2) is 0 Å². The first-order chi connectivity index (χ1) is 5.92. The summed E-state index contributed by atoms with van der Waals surface area (Å²) in [6, 6.07) is 0. The zero-order valence-corrected chi connectivity index (χ0v) is 8.63. The number of rotatable bonds is 2. The summed E-state index contributed by atoms with van der Waals surface area (Å²) in [7, 11) is 0. The first kappa shape index (κ1) is 10.3. The second-order valence-electron chi connectivity index (χ2n) is 4.72. The summed E-state index contributed by atoms with van der Waals surface area (Å²) in [4.78, 5) is 10.8. The molecule has 0 radical (unpaired) electrons. The van der Waals surface area contributed by atoms with E-state index in [0.717, 1.165) is 18.4 Å². The number of carboxylic acid groups (broad SMARTS) is 1. The first-order valence-electron chi connectivity index (χ1n) is 4.84. The molecule has 2 nitrogen and oxygen atoms in total. The standard InChI is InChI=1S/C11H18O2/c1-8(10(12)13)9-5-4-6-11(2,3)7-9/h5,8H,4,6-7H2,1-3H3,(H,12,13). The van der Waals surface area contributed by atoms with Crippen LogP contribution in [0.25, 0.3) is 0 Å². The Morgan fingerprint density at radius 1 is 1.62 bits per heavy atom. The summed E-state index contributed by atoms with van der Waals surface area (Å²) in [5.41, 5.74) is 1.39. The number of carbonyl (C=O) groups is 1. The summed E-state index contributed by atoms with van der Waals surface area (Å²) in [5, 5.41) is 8.86. The number of allylic oxidation sites excluding steroid dienone is 1. The molecule has 0 fully saturated rings. The van der Waals surface area contributed by atoms with Gasteiger partial charge >= 0.3 is 5.97 Å². The molecule has 0 saturated carbocycles. The third kappa shape index (κ3) is 2.58. The van der Waals surface area contributed by atoms with E-state index < -0.39 is 5.97 Å². The van der Waals surface area contributed by atoms with Crippen LogP contribution < -0.4 is 0 Å². The monoisotopic (exact) mass is 182 g/mol. The van der Waals surface area contributed by atoms with Crippen LogP contribution in [0.1, 0.15) is 40.0 Å². The highest BCUT2D eigenvalue weighted by Crippen LogP contribution is 2.37. The lowest BCUT2D eigenvalue weighted by molar-refractivity contribution is -0.140. The second kappa shape index (κ2) is 3.52. The van der Waals surface area contributed by atoms with Gasteiger partial charge in [-0.1, -0.05) is 25.5 Å². The molecule has 74 valence electrons. The predicted molar refractivity (Wildman–Crippen MR) is 52.5 cm³/mol. The van der Waals surface area contributed by atoms with Crippen molar-refractivity contribution in [3.05, 3.63) is 11.6 Å². The Morgan fingerprint density at radius 2 is 2.23 bits per heavy atom. The maximum atomic E-state index is 10.8. The van der Waals surface area contributed by atoms with E-state index in [0.29, 0.717) is 0 Å². The van der Waals surface area contributed by atoms with Crippen LogP contribution in [0.4, 0.5) is 0 Å². The summed E-state index contributed by atoms with van der Waals surface area (Å²) >= 11 is 0. The maximum absolute atomic E-state index is 10.8. The van der Waals surface area contributed by atoms with Gasteiger partial charge in [0.25, 0.3) is 0 Å². The summed E-state index contributed by atoms with van der Waals surface area (Å²) < 4.78 is 0.